The van der Waals surface area contributed by atoms with E-state index >= 15 is 0 Å². The third-order valence-corrected chi connectivity index (χ3v) is 3.60. The maximum absolute atomic E-state index is 5.73. The zero-order valence-corrected chi connectivity index (χ0v) is 11.3. The van der Waals surface area contributed by atoms with Crippen LogP contribution in [0.5, 0.6) is 0 Å². The molecular formula is C10H24O3Si. The minimum atomic E-state index is -0.388. The standard InChI is InChI=1S/C10H24O3Si/c1-5-7-10(12-9(3)11-4)13-14-8-6-2/h9-10H,5-8,14H2,1-4H3. The van der Waals surface area contributed by atoms with Gasteiger partial charge in [-0.2, -0.15) is 0 Å². The SMILES string of the molecule is CCC[SiH2]OC(CCC)OC(C)OC. The van der Waals surface area contributed by atoms with E-state index in [0.29, 0.717) is 0 Å². The Bertz CT molecular complexity index is 122. The maximum Gasteiger partial charge on any atom is 0.165 e. The second-order valence-electron chi connectivity index (χ2n) is 3.38. The zero-order valence-electron chi connectivity index (χ0n) is 9.91. The highest BCUT2D eigenvalue weighted by Crippen LogP contribution is 2.08. The third-order valence-electron chi connectivity index (χ3n) is 2.00. The summed E-state index contributed by atoms with van der Waals surface area (Å²) in [6.45, 7) is 6.22. The first-order valence-corrected chi connectivity index (χ1v) is 7.12. The van der Waals surface area contributed by atoms with Crippen LogP contribution in [0.15, 0.2) is 0 Å². The number of methoxy groups -OCH3 is 1. The van der Waals surface area contributed by atoms with E-state index in [0.717, 1.165) is 12.8 Å². The molecule has 0 amide bonds. The van der Waals surface area contributed by atoms with Gasteiger partial charge in [0.2, 0.25) is 0 Å². The molecule has 0 aliphatic rings. The average Bonchev–Trinajstić information content (AvgIpc) is 2.18. The summed E-state index contributed by atoms with van der Waals surface area (Å²) in [6.07, 6.45) is 3.05. The molecule has 3 nitrogen and oxygen atoms in total. The fourth-order valence-electron chi connectivity index (χ4n) is 1.05. The van der Waals surface area contributed by atoms with Gasteiger partial charge in [0, 0.05) is 7.11 Å². The Morgan fingerprint density at radius 1 is 1.21 bits per heavy atom. The number of hydrogen-bond donors (Lipinski definition) is 0. The van der Waals surface area contributed by atoms with Crippen molar-refractivity contribution in [2.24, 2.45) is 0 Å². The minimum absolute atomic E-state index is 0.0480. The van der Waals surface area contributed by atoms with Crippen LogP contribution in [0.1, 0.15) is 40.0 Å². The normalized spacial score (nSPS) is 16.3. The molecule has 0 aromatic carbocycles. The highest BCUT2D eigenvalue weighted by atomic mass is 28.2. The number of hydrogen-bond acceptors (Lipinski definition) is 3. The van der Waals surface area contributed by atoms with Gasteiger partial charge in [0.05, 0.1) is 0 Å². The first kappa shape index (κ1) is 14.1. The van der Waals surface area contributed by atoms with Gasteiger partial charge in [-0.05, 0) is 19.4 Å². The molecule has 4 heteroatoms. The summed E-state index contributed by atoms with van der Waals surface area (Å²) in [5, 5.41) is 0. The van der Waals surface area contributed by atoms with E-state index in [4.69, 9.17) is 13.9 Å². The molecule has 0 saturated heterocycles. The van der Waals surface area contributed by atoms with Crippen LogP contribution in [0.4, 0.5) is 0 Å². The lowest BCUT2D eigenvalue weighted by atomic mass is 10.3. The van der Waals surface area contributed by atoms with Crippen molar-refractivity contribution >= 4 is 9.76 Å². The Kier molecular flexibility index (Phi) is 9.71. The Hall–Kier alpha value is 0.0969. The molecule has 86 valence electrons. The molecular weight excluding hydrogens is 196 g/mol. The quantitative estimate of drug-likeness (QED) is 0.338. The summed E-state index contributed by atoms with van der Waals surface area (Å²) < 4.78 is 16.4. The van der Waals surface area contributed by atoms with Crippen molar-refractivity contribution in [3.8, 4) is 0 Å². The fraction of sp³-hybridized carbons (Fsp3) is 1.00. The lowest BCUT2D eigenvalue weighted by molar-refractivity contribution is -0.202. The van der Waals surface area contributed by atoms with Gasteiger partial charge in [0.15, 0.2) is 16.1 Å². The smallest absolute Gasteiger partial charge is 0.165 e. The molecule has 2 atom stereocenters. The van der Waals surface area contributed by atoms with E-state index < -0.39 is 0 Å². The summed E-state index contributed by atoms with van der Waals surface area (Å²) in [5.41, 5.74) is 0. The van der Waals surface area contributed by atoms with Gasteiger partial charge < -0.3 is 13.9 Å². The molecule has 0 bridgehead atoms. The predicted octanol–water partition coefficient (Wildman–Crippen LogP) is 2.05. The molecule has 0 radical (unpaired) electrons. The summed E-state index contributed by atoms with van der Waals surface area (Å²) in [4.78, 5) is 0. The zero-order chi connectivity index (χ0) is 10.8. The minimum Gasteiger partial charge on any atom is -0.400 e. The van der Waals surface area contributed by atoms with Crippen molar-refractivity contribution in [2.45, 2.75) is 58.7 Å². The molecule has 0 N–H and O–H groups in total. The highest BCUT2D eigenvalue weighted by molar-refractivity contribution is 6.27. The van der Waals surface area contributed by atoms with E-state index in [2.05, 4.69) is 13.8 Å². The summed E-state index contributed by atoms with van der Waals surface area (Å²) in [6, 6.07) is 1.23. The van der Waals surface area contributed by atoms with Crippen LogP contribution < -0.4 is 0 Å². The lowest BCUT2D eigenvalue weighted by Crippen LogP contribution is -2.25. The average molecular weight is 220 g/mol. The Morgan fingerprint density at radius 2 is 1.93 bits per heavy atom. The molecule has 14 heavy (non-hydrogen) atoms. The third kappa shape index (κ3) is 7.50. The molecule has 0 spiro atoms. The Morgan fingerprint density at radius 3 is 2.43 bits per heavy atom. The van der Waals surface area contributed by atoms with Gasteiger partial charge in [0.1, 0.15) is 6.29 Å². The monoisotopic (exact) mass is 220 g/mol. The summed E-state index contributed by atoms with van der Waals surface area (Å²) >= 11 is 0. The van der Waals surface area contributed by atoms with Crippen LogP contribution in [0.3, 0.4) is 0 Å². The van der Waals surface area contributed by atoms with Gasteiger partial charge in [-0.3, -0.25) is 0 Å². The van der Waals surface area contributed by atoms with E-state index in [-0.39, 0.29) is 22.3 Å². The van der Waals surface area contributed by atoms with E-state index in [1.807, 2.05) is 6.92 Å². The summed E-state index contributed by atoms with van der Waals surface area (Å²) in [5.74, 6) is 0. The number of rotatable bonds is 9. The van der Waals surface area contributed by atoms with Crippen molar-refractivity contribution in [2.75, 3.05) is 7.11 Å². The predicted molar refractivity (Wildman–Crippen MR) is 61.0 cm³/mol. The molecule has 0 heterocycles. The lowest BCUT2D eigenvalue weighted by Gasteiger charge is -2.21. The van der Waals surface area contributed by atoms with Gasteiger partial charge in [-0.15, -0.1) is 0 Å². The topological polar surface area (TPSA) is 27.7 Å². The van der Waals surface area contributed by atoms with Gasteiger partial charge in [-0.25, -0.2) is 0 Å². The van der Waals surface area contributed by atoms with Crippen LogP contribution in [-0.2, 0) is 13.9 Å². The van der Waals surface area contributed by atoms with Crippen LogP contribution in [0, 0.1) is 0 Å². The van der Waals surface area contributed by atoms with Gasteiger partial charge in [0.25, 0.3) is 0 Å². The molecule has 2 unspecified atom stereocenters. The maximum atomic E-state index is 5.73. The van der Waals surface area contributed by atoms with E-state index in [1.54, 1.807) is 7.11 Å². The van der Waals surface area contributed by atoms with Crippen LogP contribution in [-0.4, -0.2) is 29.5 Å². The van der Waals surface area contributed by atoms with Crippen LogP contribution in [0.25, 0.3) is 0 Å². The number of ether oxygens (including phenoxy) is 2. The van der Waals surface area contributed by atoms with Crippen molar-refractivity contribution < 1.29 is 13.9 Å². The second-order valence-corrected chi connectivity index (χ2v) is 4.83. The van der Waals surface area contributed by atoms with Crippen molar-refractivity contribution in [1.29, 1.82) is 0 Å². The first-order chi connectivity index (χ1) is 6.74. The molecule has 0 aliphatic carbocycles. The summed E-state index contributed by atoms with van der Waals surface area (Å²) in [7, 11) is 1.26. The van der Waals surface area contributed by atoms with Crippen molar-refractivity contribution in [1.82, 2.24) is 0 Å². The Labute approximate surface area is 90.1 Å². The van der Waals surface area contributed by atoms with E-state index in [1.165, 1.54) is 12.5 Å². The Balaban J connectivity index is 3.65. The van der Waals surface area contributed by atoms with Gasteiger partial charge >= 0.3 is 0 Å². The largest absolute Gasteiger partial charge is 0.400 e. The first-order valence-electron chi connectivity index (χ1n) is 5.54. The molecule has 0 aromatic heterocycles. The van der Waals surface area contributed by atoms with Crippen molar-refractivity contribution in [3.05, 3.63) is 0 Å². The van der Waals surface area contributed by atoms with E-state index in [9.17, 15) is 0 Å². The van der Waals surface area contributed by atoms with Gasteiger partial charge in [-0.1, -0.05) is 26.7 Å². The highest BCUT2D eigenvalue weighted by Gasteiger charge is 2.11. The molecule has 0 rings (SSSR count). The fourth-order valence-corrected chi connectivity index (χ4v) is 2.02. The molecule has 0 aliphatic heterocycles. The van der Waals surface area contributed by atoms with Crippen LogP contribution >= 0.6 is 0 Å². The van der Waals surface area contributed by atoms with Crippen molar-refractivity contribution in [3.63, 3.8) is 0 Å². The molecule has 0 saturated carbocycles. The van der Waals surface area contributed by atoms with Crippen LogP contribution in [0.2, 0.25) is 6.04 Å². The molecule has 0 aromatic rings. The second kappa shape index (κ2) is 9.64. The molecule has 0 fully saturated rings.